The molecular formula is C26H32O3. The van der Waals surface area contributed by atoms with E-state index in [0.29, 0.717) is 0 Å². The highest BCUT2D eigenvalue weighted by Gasteiger charge is 2.30. The van der Waals surface area contributed by atoms with Crippen molar-refractivity contribution >= 4 is 6.08 Å². The maximum absolute atomic E-state index is 9.65. The second-order valence-corrected chi connectivity index (χ2v) is 8.45. The summed E-state index contributed by atoms with van der Waals surface area (Å²) in [5.74, 6) is 1.95. The number of aryl methyl sites for hydroxylation is 1. The summed E-state index contributed by atoms with van der Waals surface area (Å²) in [6.45, 7) is 8.55. The minimum absolute atomic E-state index is 0.232. The lowest BCUT2D eigenvalue weighted by molar-refractivity contribution is 0.141. The van der Waals surface area contributed by atoms with Gasteiger partial charge in [-0.05, 0) is 88.3 Å². The number of rotatable bonds is 7. The van der Waals surface area contributed by atoms with Crippen LogP contribution in [0.15, 0.2) is 53.6 Å². The van der Waals surface area contributed by atoms with Crippen LogP contribution in [0.3, 0.4) is 0 Å². The Morgan fingerprint density at radius 3 is 2.62 bits per heavy atom. The molecule has 1 N–H and O–H groups in total. The van der Waals surface area contributed by atoms with Gasteiger partial charge in [0.25, 0.3) is 0 Å². The Morgan fingerprint density at radius 2 is 1.90 bits per heavy atom. The first-order chi connectivity index (χ1) is 13.8. The molecule has 0 spiro atoms. The fourth-order valence-corrected chi connectivity index (χ4v) is 3.81. The lowest BCUT2D eigenvalue weighted by Crippen LogP contribution is -2.33. The molecule has 1 aliphatic rings. The van der Waals surface area contributed by atoms with Crippen LogP contribution in [0, 0.1) is 0 Å². The highest BCUT2D eigenvalue weighted by atomic mass is 16.5. The highest BCUT2D eigenvalue weighted by molar-refractivity contribution is 5.67. The Morgan fingerprint density at radius 1 is 1.10 bits per heavy atom. The van der Waals surface area contributed by atoms with Crippen LogP contribution in [-0.2, 0) is 12.8 Å². The van der Waals surface area contributed by atoms with E-state index in [-0.39, 0.29) is 11.4 Å². The molecule has 2 aromatic rings. The van der Waals surface area contributed by atoms with Gasteiger partial charge in [-0.15, -0.1) is 0 Å². The van der Waals surface area contributed by atoms with Crippen LogP contribution in [0.2, 0.25) is 0 Å². The third-order valence-corrected chi connectivity index (χ3v) is 5.51. The molecule has 0 amide bonds. The number of fused-ring (bicyclic) bond motifs is 1. The Hall–Kier alpha value is -2.68. The van der Waals surface area contributed by atoms with Crippen LogP contribution in [0.25, 0.3) is 6.08 Å². The average molecular weight is 393 g/mol. The summed E-state index contributed by atoms with van der Waals surface area (Å²) in [7, 11) is 1.64. The third-order valence-electron chi connectivity index (χ3n) is 5.51. The quantitative estimate of drug-likeness (QED) is 0.548. The Balaban J connectivity index is 1.79. The van der Waals surface area contributed by atoms with Crippen molar-refractivity contribution in [3.8, 4) is 17.2 Å². The van der Waals surface area contributed by atoms with Gasteiger partial charge in [0.05, 0.1) is 7.11 Å². The SMILES string of the molecule is COc1cc(O)ccc1CCCC1=Cc2c(CC=C(C)C)cccc2OC1(C)C. The minimum Gasteiger partial charge on any atom is -0.508 e. The van der Waals surface area contributed by atoms with E-state index >= 15 is 0 Å². The molecule has 1 heterocycles. The van der Waals surface area contributed by atoms with E-state index in [2.05, 4.69) is 58.0 Å². The molecule has 3 heteroatoms. The van der Waals surface area contributed by atoms with Crippen molar-refractivity contribution in [2.45, 2.75) is 59.0 Å². The van der Waals surface area contributed by atoms with Crippen LogP contribution in [0.4, 0.5) is 0 Å². The van der Waals surface area contributed by atoms with Crippen molar-refractivity contribution in [1.82, 2.24) is 0 Å². The van der Waals surface area contributed by atoms with Crippen LogP contribution in [0.1, 0.15) is 57.2 Å². The van der Waals surface area contributed by atoms with Crippen molar-refractivity contribution in [3.63, 3.8) is 0 Å². The molecule has 29 heavy (non-hydrogen) atoms. The molecule has 0 saturated heterocycles. The van der Waals surface area contributed by atoms with E-state index in [1.54, 1.807) is 19.2 Å². The number of phenolic OH excluding ortho intramolecular Hbond substituents is 1. The smallest absolute Gasteiger partial charge is 0.128 e. The average Bonchev–Trinajstić information content (AvgIpc) is 2.67. The normalized spacial score (nSPS) is 14.4. The van der Waals surface area contributed by atoms with E-state index in [4.69, 9.17) is 9.47 Å². The number of benzene rings is 2. The van der Waals surface area contributed by atoms with Gasteiger partial charge < -0.3 is 14.6 Å². The fraction of sp³-hybridized carbons (Fsp3) is 0.385. The second kappa shape index (κ2) is 8.77. The van der Waals surface area contributed by atoms with Gasteiger partial charge in [0.1, 0.15) is 22.8 Å². The molecule has 0 saturated carbocycles. The number of hydrogen-bond acceptors (Lipinski definition) is 3. The molecule has 0 bridgehead atoms. The molecular weight excluding hydrogens is 360 g/mol. The molecule has 0 unspecified atom stereocenters. The van der Waals surface area contributed by atoms with Gasteiger partial charge in [0, 0.05) is 11.6 Å². The number of methoxy groups -OCH3 is 1. The Kier molecular flexibility index (Phi) is 6.36. The lowest BCUT2D eigenvalue weighted by atomic mass is 9.86. The molecule has 0 aliphatic carbocycles. The van der Waals surface area contributed by atoms with Gasteiger partial charge in [-0.1, -0.05) is 29.8 Å². The Labute approximate surface area is 174 Å². The van der Waals surface area contributed by atoms with E-state index < -0.39 is 0 Å². The van der Waals surface area contributed by atoms with E-state index in [0.717, 1.165) is 42.7 Å². The molecule has 0 aromatic heterocycles. The van der Waals surface area contributed by atoms with E-state index in [1.807, 2.05) is 6.07 Å². The molecule has 0 fully saturated rings. The number of ether oxygens (including phenoxy) is 2. The van der Waals surface area contributed by atoms with Gasteiger partial charge in [-0.25, -0.2) is 0 Å². The van der Waals surface area contributed by atoms with Crippen LogP contribution >= 0.6 is 0 Å². The summed E-state index contributed by atoms with van der Waals surface area (Å²) in [5.41, 5.74) is 5.95. The van der Waals surface area contributed by atoms with Crippen LogP contribution in [0.5, 0.6) is 17.2 Å². The summed E-state index contributed by atoms with van der Waals surface area (Å²) in [6.07, 6.45) is 8.35. The predicted molar refractivity (Wildman–Crippen MR) is 120 cm³/mol. The van der Waals surface area contributed by atoms with Gasteiger partial charge in [0.2, 0.25) is 0 Å². The molecule has 1 aliphatic heterocycles. The van der Waals surface area contributed by atoms with E-state index in [9.17, 15) is 5.11 Å². The highest BCUT2D eigenvalue weighted by Crippen LogP contribution is 2.39. The first kappa shape index (κ1) is 21.0. The molecule has 3 nitrogen and oxygen atoms in total. The standard InChI is InChI=1S/C26H32O3/c1-18(2)12-13-19-8-7-11-24-23(19)16-21(26(3,4)29-24)10-6-9-20-14-15-22(27)17-25(20)28-5/h7-8,11-12,14-17,27H,6,9-10,13H2,1-5H3. The monoisotopic (exact) mass is 392 g/mol. The Bertz CT molecular complexity index is 931. The van der Waals surface area contributed by atoms with Gasteiger partial charge in [-0.2, -0.15) is 0 Å². The number of phenols is 1. The van der Waals surface area contributed by atoms with Gasteiger partial charge in [-0.3, -0.25) is 0 Å². The summed E-state index contributed by atoms with van der Waals surface area (Å²) < 4.78 is 11.8. The molecule has 2 aromatic carbocycles. The number of aromatic hydroxyl groups is 1. The van der Waals surface area contributed by atoms with E-state index in [1.165, 1.54) is 22.3 Å². The first-order valence-electron chi connectivity index (χ1n) is 10.3. The van der Waals surface area contributed by atoms with Crippen molar-refractivity contribution in [2.75, 3.05) is 7.11 Å². The summed E-state index contributed by atoms with van der Waals surface area (Å²) >= 11 is 0. The zero-order chi connectivity index (χ0) is 21.0. The van der Waals surface area contributed by atoms with Crippen molar-refractivity contribution < 1.29 is 14.6 Å². The third kappa shape index (κ3) is 5.03. The molecule has 3 rings (SSSR count). The largest absolute Gasteiger partial charge is 0.508 e. The minimum atomic E-state index is -0.318. The number of hydrogen-bond donors (Lipinski definition) is 1. The lowest BCUT2D eigenvalue weighted by Gasteiger charge is -2.35. The maximum atomic E-state index is 9.65. The summed E-state index contributed by atoms with van der Waals surface area (Å²) in [5, 5.41) is 9.65. The zero-order valence-corrected chi connectivity index (χ0v) is 18.2. The predicted octanol–water partition coefficient (Wildman–Crippen LogP) is 6.49. The summed E-state index contributed by atoms with van der Waals surface area (Å²) in [4.78, 5) is 0. The van der Waals surface area contributed by atoms with Crippen LogP contribution in [-0.4, -0.2) is 17.8 Å². The maximum Gasteiger partial charge on any atom is 0.128 e. The zero-order valence-electron chi connectivity index (χ0n) is 18.2. The van der Waals surface area contributed by atoms with Crippen molar-refractivity contribution in [2.24, 2.45) is 0 Å². The first-order valence-corrected chi connectivity index (χ1v) is 10.3. The molecule has 154 valence electrons. The van der Waals surface area contributed by atoms with Crippen molar-refractivity contribution in [3.05, 3.63) is 70.3 Å². The van der Waals surface area contributed by atoms with Crippen molar-refractivity contribution in [1.29, 1.82) is 0 Å². The second-order valence-electron chi connectivity index (χ2n) is 8.45. The molecule has 0 radical (unpaired) electrons. The summed E-state index contributed by atoms with van der Waals surface area (Å²) in [6, 6.07) is 11.7. The molecule has 0 atom stereocenters. The topological polar surface area (TPSA) is 38.7 Å². The number of allylic oxidation sites excluding steroid dienone is 2. The van der Waals surface area contributed by atoms with Gasteiger partial charge in [0.15, 0.2) is 0 Å². The van der Waals surface area contributed by atoms with Crippen LogP contribution < -0.4 is 9.47 Å². The fourth-order valence-electron chi connectivity index (χ4n) is 3.81. The van der Waals surface area contributed by atoms with Gasteiger partial charge >= 0.3 is 0 Å².